The van der Waals surface area contributed by atoms with E-state index < -0.39 is 11.9 Å². The van der Waals surface area contributed by atoms with Crippen molar-refractivity contribution in [2.24, 2.45) is 0 Å². The summed E-state index contributed by atoms with van der Waals surface area (Å²) in [4.78, 5) is 30.4. The van der Waals surface area contributed by atoms with Crippen molar-refractivity contribution in [1.29, 1.82) is 0 Å². The van der Waals surface area contributed by atoms with Crippen molar-refractivity contribution in [2.45, 2.75) is 13.8 Å². The zero-order valence-electron chi connectivity index (χ0n) is 15.1. The summed E-state index contributed by atoms with van der Waals surface area (Å²) in [6.45, 7) is 3.42. The van der Waals surface area contributed by atoms with E-state index in [0.29, 0.717) is 10.7 Å². The second-order valence-corrected chi connectivity index (χ2v) is 8.04. The number of aryl methyl sites for hydroxylation is 2. The number of amides is 1. The summed E-state index contributed by atoms with van der Waals surface area (Å²) in [5.74, 6) is -0.158. The van der Waals surface area contributed by atoms with Gasteiger partial charge in [-0.3, -0.25) is 10.1 Å². The Morgan fingerprint density at radius 3 is 2.56 bits per heavy atom. The normalized spacial score (nSPS) is 10.5. The Bertz CT molecular complexity index is 961. The lowest BCUT2D eigenvalue weighted by Gasteiger charge is -2.04. The summed E-state index contributed by atoms with van der Waals surface area (Å²) in [5, 5.41) is 4.95. The molecule has 0 spiro atoms. The molecule has 3 aromatic rings. The summed E-state index contributed by atoms with van der Waals surface area (Å²) in [6, 6.07) is 9.25. The molecular formula is C19H18N2O4S2. The van der Waals surface area contributed by atoms with Crippen LogP contribution in [0.25, 0.3) is 11.3 Å². The van der Waals surface area contributed by atoms with Gasteiger partial charge in [0.25, 0.3) is 5.91 Å². The first-order valence-corrected chi connectivity index (χ1v) is 9.80. The number of carbonyl (C=O) groups excluding carboxylic acids is 2. The number of rotatable bonds is 6. The maximum absolute atomic E-state index is 12.1. The standard InChI is InChI=1S/C19H18N2O4S2/c1-11-8-15(12(2)27-11)18(23)25-9-17(22)21-19-20-16(10-26-19)13-4-6-14(24-3)7-5-13/h4-8,10H,9H2,1-3H3,(H,20,21,22). The molecule has 2 aromatic heterocycles. The number of methoxy groups -OCH3 is 1. The van der Waals surface area contributed by atoms with Gasteiger partial charge in [-0.15, -0.1) is 22.7 Å². The molecule has 0 atom stereocenters. The number of esters is 1. The number of carbonyl (C=O) groups is 2. The first-order chi connectivity index (χ1) is 13.0. The third-order valence-corrected chi connectivity index (χ3v) is 5.46. The quantitative estimate of drug-likeness (QED) is 0.622. The van der Waals surface area contributed by atoms with Crippen LogP contribution in [0.3, 0.4) is 0 Å². The molecule has 0 bridgehead atoms. The van der Waals surface area contributed by atoms with Crippen LogP contribution in [0.15, 0.2) is 35.7 Å². The van der Waals surface area contributed by atoms with Gasteiger partial charge < -0.3 is 9.47 Å². The summed E-state index contributed by atoms with van der Waals surface area (Å²) >= 11 is 2.83. The third-order valence-electron chi connectivity index (χ3n) is 3.73. The SMILES string of the molecule is COc1ccc(-c2csc(NC(=O)COC(=O)c3cc(C)sc3C)n2)cc1. The highest BCUT2D eigenvalue weighted by Crippen LogP contribution is 2.26. The molecule has 0 aliphatic rings. The van der Waals surface area contributed by atoms with Crippen molar-refractivity contribution in [3.63, 3.8) is 0 Å². The molecular weight excluding hydrogens is 384 g/mol. The molecule has 0 aliphatic carbocycles. The van der Waals surface area contributed by atoms with Gasteiger partial charge in [0.2, 0.25) is 0 Å². The summed E-state index contributed by atoms with van der Waals surface area (Å²) in [7, 11) is 1.61. The number of anilines is 1. The van der Waals surface area contributed by atoms with E-state index in [4.69, 9.17) is 9.47 Å². The average molecular weight is 402 g/mol. The van der Waals surface area contributed by atoms with Crippen molar-refractivity contribution in [3.05, 3.63) is 51.0 Å². The highest BCUT2D eigenvalue weighted by atomic mass is 32.1. The molecule has 1 aromatic carbocycles. The molecule has 0 unspecified atom stereocenters. The van der Waals surface area contributed by atoms with Crippen LogP contribution in [0, 0.1) is 13.8 Å². The number of nitrogens with one attached hydrogen (secondary N) is 1. The Balaban J connectivity index is 1.56. The Labute approximate surface area is 164 Å². The zero-order valence-corrected chi connectivity index (χ0v) is 16.7. The minimum absolute atomic E-state index is 0.357. The molecule has 6 nitrogen and oxygen atoms in total. The molecule has 0 aliphatic heterocycles. The molecule has 27 heavy (non-hydrogen) atoms. The van der Waals surface area contributed by atoms with Crippen molar-refractivity contribution < 1.29 is 19.1 Å². The number of aromatic nitrogens is 1. The van der Waals surface area contributed by atoms with Gasteiger partial charge in [0.1, 0.15) is 5.75 Å². The number of ether oxygens (including phenoxy) is 2. The predicted molar refractivity (Wildman–Crippen MR) is 107 cm³/mol. The summed E-state index contributed by atoms with van der Waals surface area (Å²) < 4.78 is 10.2. The molecule has 0 saturated carbocycles. The molecule has 8 heteroatoms. The Hall–Kier alpha value is -2.71. The van der Waals surface area contributed by atoms with Crippen molar-refractivity contribution in [3.8, 4) is 17.0 Å². The fourth-order valence-electron chi connectivity index (χ4n) is 2.42. The van der Waals surface area contributed by atoms with Crippen molar-refractivity contribution in [1.82, 2.24) is 4.98 Å². The fourth-order valence-corrected chi connectivity index (χ4v) is 4.07. The van der Waals surface area contributed by atoms with E-state index >= 15 is 0 Å². The summed E-state index contributed by atoms with van der Waals surface area (Å²) in [5.41, 5.74) is 2.17. The first-order valence-electron chi connectivity index (χ1n) is 8.10. The van der Waals surface area contributed by atoms with Crippen LogP contribution in [0.5, 0.6) is 5.75 Å². The van der Waals surface area contributed by atoms with Gasteiger partial charge in [-0.1, -0.05) is 0 Å². The van der Waals surface area contributed by atoms with Crippen LogP contribution in [0.2, 0.25) is 0 Å². The lowest BCUT2D eigenvalue weighted by molar-refractivity contribution is -0.119. The molecule has 0 saturated heterocycles. The van der Waals surface area contributed by atoms with Gasteiger partial charge in [0.15, 0.2) is 11.7 Å². The first kappa shape index (κ1) is 19.1. The third kappa shape index (κ3) is 4.72. The molecule has 0 radical (unpaired) electrons. The van der Waals surface area contributed by atoms with E-state index in [1.165, 1.54) is 22.7 Å². The van der Waals surface area contributed by atoms with Crippen LogP contribution in [-0.2, 0) is 9.53 Å². The summed E-state index contributed by atoms with van der Waals surface area (Å²) in [6.07, 6.45) is 0. The number of hydrogen-bond donors (Lipinski definition) is 1. The van der Waals surface area contributed by atoms with E-state index in [-0.39, 0.29) is 6.61 Å². The van der Waals surface area contributed by atoms with Crippen LogP contribution < -0.4 is 10.1 Å². The van der Waals surface area contributed by atoms with Crippen molar-refractivity contribution in [2.75, 3.05) is 19.0 Å². The smallest absolute Gasteiger partial charge is 0.339 e. The highest BCUT2D eigenvalue weighted by Gasteiger charge is 2.16. The van der Waals surface area contributed by atoms with Gasteiger partial charge in [-0.25, -0.2) is 9.78 Å². The minimum atomic E-state index is -0.495. The number of benzene rings is 1. The van der Waals surface area contributed by atoms with Gasteiger partial charge in [0.05, 0.1) is 18.4 Å². The Morgan fingerprint density at radius 1 is 1.19 bits per heavy atom. The number of hydrogen-bond acceptors (Lipinski definition) is 7. The molecule has 0 fully saturated rings. The Kier molecular flexibility index (Phi) is 5.88. The maximum atomic E-state index is 12.1. The zero-order chi connectivity index (χ0) is 19.4. The van der Waals surface area contributed by atoms with Gasteiger partial charge in [0, 0.05) is 20.7 Å². The van der Waals surface area contributed by atoms with Gasteiger partial charge in [-0.2, -0.15) is 0 Å². The second-order valence-electron chi connectivity index (χ2n) is 5.72. The largest absolute Gasteiger partial charge is 0.497 e. The maximum Gasteiger partial charge on any atom is 0.339 e. The monoisotopic (exact) mass is 402 g/mol. The van der Waals surface area contributed by atoms with E-state index in [1.807, 2.05) is 43.5 Å². The molecule has 140 valence electrons. The van der Waals surface area contributed by atoms with Gasteiger partial charge in [-0.05, 0) is 44.2 Å². The van der Waals surface area contributed by atoms with Crippen LogP contribution in [0.1, 0.15) is 20.1 Å². The second kappa shape index (κ2) is 8.32. The number of thiophene rings is 1. The van der Waals surface area contributed by atoms with Crippen LogP contribution in [-0.4, -0.2) is 30.6 Å². The van der Waals surface area contributed by atoms with Crippen LogP contribution in [0.4, 0.5) is 5.13 Å². The van der Waals surface area contributed by atoms with E-state index in [9.17, 15) is 9.59 Å². The van der Waals surface area contributed by atoms with E-state index in [2.05, 4.69) is 10.3 Å². The minimum Gasteiger partial charge on any atom is -0.497 e. The molecule has 1 amide bonds. The van der Waals surface area contributed by atoms with Crippen molar-refractivity contribution >= 4 is 39.7 Å². The van der Waals surface area contributed by atoms with Gasteiger partial charge >= 0.3 is 5.97 Å². The number of thiazole rings is 1. The topological polar surface area (TPSA) is 77.5 Å². The molecule has 1 N–H and O–H groups in total. The van der Waals surface area contributed by atoms with Crippen LogP contribution >= 0.6 is 22.7 Å². The number of nitrogens with zero attached hydrogens (tertiary/aromatic N) is 1. The molecule has 2 heterocycles. The lowest BCUT2D eigenvalue weighted by atomic mass is 10.2. The lowest BCUT2D eigenvalue weighted by Crippen LogP contribution is -2.20. The van der Waals surface area contributed by atoms with E-state index in [1.54, 1.807) is 13.2 Å². The van der Waals surface area contributed by atoms with E-state index in [0.717, 1.165) is 26.8 Å². The Morgan fingerprint density at radius 2 is 1.93 bits per heavy atom. The highest BCUT2D eigenvalue weighted by molar-refractivity contribution is 7.14. The fraction of sp³-hybridized carbons (Fsp3) is 0.211. The predicted octanol–water partition coefficient (Wildman–Crippen LogP) is 4.29. The average Bonchev–Trinajstić information content (AvgIpc) is 3.25. The molecule has 3 rings (SSSR count).